The highest BCUT2D eigenvalue weighted by Crippen LogP contribution is 2.55. The summed E-state index contributed by atoms with van der Waals surface area (Å²) in [5.41, 5.74) is 18.1. The third-order valence-electron chi connectivity index (χ3n) is 12.9. The molecule has 11 aromatic rings. The van der Waals surface area contributed by atoms with E-state index in [-0.39, 0.29) is 5.41 Å². The highest BCUT2D eigenvalue weighted by molar-refractivity contribution is 6.18. The molecule has 0 aliphatic heterocycles. The van der Waals surface area contributed by atoms with Gasteiger partial charge in [-0.25, -0.2) is 0 Å². The topological polar surface area (TPSA) is 13.1 Å². The fourth-order valence-corrected chi connectivity index (χ4v) is 10.3. The van der Waals surface area contributed by atoms with Gasteiger partial charge in [-0.15, -0.1) is 0 Å². The fraction of sp³-hybridized carbons (Fsp3) is 0.0526. The lowest BCUT2D eigenvalue weighted by molar-refractivity contribution is 0.660. The zero-order valence-corrected chi connectivity index (χ0v) is 33.5. The molecule has 1 aliphatic rings. The molecular formula is C57H41N3. The lowest BCUT2D eigenvalue weighted by Gasteiger charge is -2.29. The number of anilines is 3. The summed E-state index contributed by atoms with van der Waals surface area (Å²) in [6, 6.07) is 77.8. The van der Waals surface area contributed by atoms with Gasteiger partial charge in [0.25, 0.3) is 0 Å². The van der Waals surface area contributed by atoms with E-state index < -0.39 is 0 Å². The predicted molar refractivity (Wildman–Crippen MR) is 253 cm³/mol. The van der Waals surface area contributed by atoms with Crippen molar-refractivity contribution < 1.29 is 0 Å². The molecule has 0 unspecified atom stereocenters. The van der Waals surface area contributed by atoms with Crippen molar-refractivity contribution in [3.63, 3.8) is 0 Å². The van der Waals surface area contributed by atoms with Crippen molar-refractivity contribution in [1.82, 2.24) is 9.13 Å². The van der Waals surface area contributed by atoms with E-state index in [2.05, 4.69) is 240 Å². The minimum Gasteiger partial charge on any atom is -0.309 e. The zero-order chi connectivity index (χ0) is 40.0. The molecule has 0 radical (unpaired) electrons. The molecule has 0 saturated carbocycles. The first-order valence-corrected chi connectivity index (χ1v) is 20.9. The van der Waals surface area contributed by atoms with Crippen LogP contribution in [0.25, 0.3) is 77.2 Å². The van der Waals surface area contributed by atoms with Gasteiger partial charge in [-0.3, -0.25) is 0 Å². The van der Waals surface area contributed by atoms with Gasteiger partial charge in [-0.1, -0.05) is 153 Å². The van der Waals surface area contributed by atoms with Crippen LogP contribution in [0.2, 0.25) is 0 Å². The Bertz CT molecular complexity index is 3440. The van der Waals surface area contributed by atoms with Gasteiger partial charge in [0, 0.05) is 49.6 Å². The van der Waals surface area contributed by atoms with Crippen LogP contribution in [0.15, 0.2) is 212 Å². The maximum absolute atomic E-state index is 2.52. The SMILES string of the molecule is CC1(C)c2ccccc2-c2c(N(c3ccc(-c4cccc5c4c4ccccc4n5-c4ccccc4)cc3)c3cccc4c3c3ccccc3n4-c3ccccc3)cccc21. The van der Waals surface area contributed by atoms with Crippen LogP contribution in [0.3, 0.4) is 0 Å². The molecule has 60 heavy (non-hydrogen) atoms. The summed E-state index contributed by atoms with van der Waals surface area (Å²) in [4.78, 5) is 2.52. The summed E-state index contributed by atoms with van der Waals surface area (Å²) >= 11 is 0. The van der Waals surface area contributed by atoms with E-state index in [9.17, 15) is 0 Å². The molecule has 0 saturated heterocycles. The minimum absolute atomic E-state index is 0.135. The quantitative estimate of drug-likeness (QED) is 0.164. The first-order valence-electron chi connectivity index (χ1n) is 20.9. The molecular weight excluding hydrogens is 727 g/mol. The molecule has 0 amide bonds. The first kappa shape index (κ1) is 34.4. The van der Waals surface area contributed by atoms with Crippen molar-refractivity contribution >= 4 is 60.7 Å². The van der Waals surface area contributed by atoms with Crippen LogP contribution in [0.1, 0.15) is 25.0 Å². The van der Waals surface area contributed by atoms with E-state index in [4.69, 9.17) is 0 Å². The molecule has 0 spiro atoms. The maximum Gasteiger partial charge on any atom is 0.0562 e. The van der Waals surface area contributed by atoms with E-state index in [1.54, 1.807) is 0 Å². The number of hydrogen-bond acceptors (Lipinski definition) is 1. The van der Waals surface area contributed by atoms with Crippen molar-refractivity contribution in [1.29, 1.82) is 0 Å². The fourth-order valence-electron chi connectivity index (χ4n) is 10.3. The first-order chi connectivity index (χ1) is 29.6. The monoisotopic (exact) mass is 767 g/mol. The van der Waals surface area contributed by atoms with Crippen molar-refractivity contribution in [3.8, 4) is 33.6 Å². The molecule has 0 N–H and O–H groups in total. The predicted octanol–water partition coefficient (Wildman–Crippen LogP) is 15.3. The molecule has 12 rings (SSSR count). The second kappa shape index (κ2) is 13.2. The number of fused-ring (bicyclic) bond motifs is 9. The summed E-state index contributed by atoms with van der Waals surface area (Å²) in [6.45, 7) is 4.73. The van der Waals surface area contributed by atoms with E-state index in [1.165, 1.54) is 82.7 Å². The number of para-hydroxylation sites is 4. The second-order valence-electron chi connectivity index (χ2n) is 16.5. The minimum atomic E-state index is -0.135. The summed E-state index contributed by atoms with van der Waals surface area (Å²) in [7, 11) is 0. The van der Waals surface area contributed by atoms with Crippen LogP contribution in [-0.2, 0) is 5.41 Å². The molecule has 2 heterocycles. The zero-order valence-electron chi connectivity index (χ0n) is 33.5. The van der Waals surface area contributed by atoms with Crippen molar-refractivity contribution in [2.45, 2.75) is 19.3 Å². The summed E-state index contributed by atoms with van der Waals surface area (Å²) in [5, 5.41) is 4.96. The van der Waals surface area contributed by atoms with Crippen LogP contribution < -0.4 is 4.90 Å². The van der Waals surface area contributed by atoms with Gasteiger partial charge >= 0.3 is 0 Å². The molecule has 3 heteroatoms. The number of rotatable bonds is 6. The average molecular weight is 768 g/mol. The van der Waals surface area contributed by atoms with Crippen LogP contribution in [0.4, 0.5) is 17.1 Å². The lowest BCUT2D eigenvalue weighted by Crippen LogP contribution is -2.16. The van der Waals surface area contributed by atoms with Gasteiger partial charge in [0.05, 0.1) is 33.4 Å². The van der Waals surface area contributed by atoms with Crippen molar-refractivity contribution in [2.75, 3.05) is 4.90 Å². The molecule has 284 valence electrons. The maximum atomic E-state index is 2.52. The average Bonchev–Trinajstić information content (AvgIpc) is 3.91. The normalized spacial score (nSPS) is 13.0. The Hall–Kier alpha value is -7.62. The summed E-state index contributed by atoms with van der Waals surface area (Å²) in [6.07, 6.45) is 0. The smallest absolute Gasteiger partial charge is 0.0562 e. The number of hydrogen-bond donors (Lipinski definition) is 0. The van der Waals surface area contributed by atoms with Gasteiger partial charge in [0.15, 0.2) is 0 Å². The van der Waals surface area contributed by atoms with E-state index in [1.807, 2.05) is 0 Å². The van der Waals surface area contributed by atoms with E-state index >= 15 is 0 Å². The Labute approximate surface area is 349 Å². The molecule has 9 aromatic carbocycles. The molecule has 0 bridgehead atoms. The Morgan fingerprint density at radius 1 is 0.367 bits per heavy atom. The van der Waals surface area contributed by atoms with Gasteiger partial charge in [-0.2, -0.15) is 0 Å². The number of nitrogens with zero attached hydrogens (tertiary/aromatic N) is 3. The second-order valence-corrected chi connectivity index (χ2v) is 16.5. The molecule has 1 aliphatic carbocycles. The van der Waals surface area contributed by atoms with Gasteiger partial charge < -0.3 is 14.0 Å². The van der Waals surface area contributed by atoms with Crippen molar-refractivity contribution in [3.05, 3.63) is 223 Å². The molecule has 2 aromatic heterocycles. The van der Waals surface area contributed by atoms with Gasteiger partial charge in [0.2, 0.25) is 0 Å². The molecule has 3 nitrogen and oxygen atoms in total. The third kappa shape index (κ3) is 4.96. The van der Waals surface area contributed by atoms with Crippen LogP contribution in [0, 0.1) is 0 Å². The highest BCUT2D eigenvalue weighted by atomic mass is 15.2. The van der Waals surface area contributed by atoms with E-state index in [0.29, 0.717) is 0 Å². The molecule has 0 fully saturated rings. The lowest BCUT2D eigenvalue weighted by atomic mass is 9.82. The van der Waals surface area contributed by atoms with Crippen LogP contribution in [0.5, 0.6) is 0 Å². The third-order valence-corrected chi connectivity index (χ3v) is 12.9. The molecule has 0 atom stereocenters. The number of aromatic nitrogens is 2. The van der Waals surface area contributed by atoms with E-state index in [0.717, 1.165) is 22.7 Å². The van der Waals surface area contributed by atoms with Crippen molar-refractivity contribution in [2.24, 2.45) is 0 Å². The largest absolute Gasteiger partial charge is 0.309 e. The van der Waals surface area contributed by atoms with Crippen LogP contribution >= 0.6 is 0 Å². The Morgan fingerprint density at radius 2 is 0.850 bits per heavy atom. The number of benzene rings is 9. The Kier molecular flexibility index (Phi) is 7.58. The standard InChI is InChI=1S/C57H41N3/c1-57(2)46-26-12-9-22-43(46)55-47(57)27-16-31-51(55)60(53-33-17-32-52-56(53)45-24-11-14-29-49(45)59(52)40-20-7-4-8-21-40)41-36-34-38(35-37-41)42-25-15-30-50-54(42)44-23-10-13-28-48(44)58(50)39-18-5-3-6-19-39/h3-37H,1-2H3. The summed E-state index contributed by atoms with van der Waals surface area (Å²) < 4.78 is 4.81. The van der Waals surface area contributed by atoms with Crippen LogP contribution in [-0.4, -0.2) is 9.13 Å². The Balaban J connectivity index is 1.11. The highest BCUT2D eigenvalue weighted by Gasteiger charge is 2.38. The van der Waals surface area contributed by atoms with Gasteiger partial charge in [0.1, 0.15) is 0 Å². The summed E-state index contributed by atoms with van der Waals surface area (Å²) in [5.74, 6) is 0. The Morgan fingerprint density at radius 3 is 1.53 bits per heavy atom. The van der Waals surface area contributed by atoms with Gasteiger partial charge in [-0.05, 0) is 101 Å².